The fourth-order valence-electron chi connectivity index (χ4n) is 1.73. The molecule has 0 radical (unpaired) electrons. The molecule has 0 fully saturated rings. The lowest BCUT2D eigenvalue weighted by molar-refractivity contribution is 0.0694. The lowest BCUT2D eigenvalue weighted by atomic mass is 10.1. The van der Waals surface area contributed by atoms with Gasteiger partial charge >= 0.3 is 5.97 Å². The largest absolute Gasteiger partial charge is 0.478 e. The van der Waals surface area contributed by atoms with Gasteiger partial charge in [0.2, 0.25) is 0 Å². The van der Waals surface area contributed by atoms with E-state index >= 15 is 0 Å². The van der Waals surface area contributed by atoms with Gasteiger partial charge in [-0.3, -0.25) is 4.68 Å². The number of benzene rings is 1. The van der Waals surface area contributed by atoms with Crippen LogP contribution < -0.4 is 4.74 Å². The van der Waals surface area contributed by atoms with Crippen LogP contribution in [0.25, 0.3) is 0 Å². The number of ether oxygens (including phenoxy) is 1. The smallest absolute Gasteiger partial charge is 0.339 e. The van der Waals surface area contributed by atoms with Gasteiger partial charge in [-0.15, -0.1) is 0 Å². The van der Waals surface area contributed by atoms with Crippen molar-refractivity contribution in [3.8, 4) is 11.5 Å². The fourth-order valence-corrected chi connectivity index (χ4v) is 1.73. The van der Waals surface area contributed by atoms with Crippen molar-refractivity contribution >= 4 is 5.97 Å². The molecule has 0 bridgehead atoms. The molecule has 0 unspecified atom stereocenters. The monoisotopic (exact) mass is 260 g/mol. The third-order valence-corrected chi connectivity index (χ3v) is 2.77. The SMILES string of the molecule is Cc1cccc(C(=O)O)c1Oc1cnn(C(C)C)c1. The first-order valence-corrected chi connectivity index (χ1v) is 6.04. The van der Waals surface area contributed by atoms with Gasteiger partial charge in [0.25, 0.3) is 0 Å². The Morgan fingerprint density at radius 3 is 2.74 bits per heavy atom. The molecule has 5 nitrogen and oxygen atoms in total. The molecule has 2 aromatic rings. The summed E-state index contributed by atoms with van der Waals surface area (Å²) in [5.41, 5.74) is 0.925. The Morgan fingerprint density at radius 1 is 1.42 bits per heavy atom. The van der Waals surface area contributed by atoms with Gasteiger partial charge in [-0.25, -0.2) is 4.79 Å². The average molecular weight is 260 g/mol. The molecule has 1 heterocycles. The van der Waals surface area contributed by atoms with Gasteiger partial charge in [0, 0.05) is 6.04 Å². The first kappa shape index (κ1) is 13.1. The van der Waals surface area contributed by atoms with Crippen molar-refractivity contribution < 1.29 is 14.6 Å². The number of carbonyl (C=O) groups is 1. The number of carboxylic acid groups (broad SMARTS) is 1. The number of aromatic carboxylic acids is 1. The van der Waals surface area contributed by atoms with Crippen LogP contribution >= 0.6 is 0 Å². The van der Waals surface area contributed by atoms with E-state index in [-0.39, 0.29) is 11.6 Å². The molecule has 1 N–H and O–H groups in total. The summed E-state index contributed by atoms with van der Waals surface area (Å²) < 4.78 is 7.43. The maximum absolute atomic E-state index is 11.2. The molecule has 5 heteroatoms. The van der Waals surface area contributed by atoms with Crippen LogP contribution in [-0.2, 0) is 0 Å². The molecule has 1 aromatic carbocycles. The van der Waals surface area contributed by atoms with Crippen LogP contribution in [0, 0.1) is 6.92 Å². The van der Waals surface area contributed by atoms with Crippen molar-refractivity contribution in [1.29, 1.82) is 0 Å². The summed E-state index contributed by atoms with van der Waals surface area (Å²) in [4.78, 5) is 11.2. The van der Waals surface area contributed by atoms with E-state index in [0.29, 0.717) is 11.5 Å². The van der Waals surface area contributed by atoms with Crippen molar-refractivity contribution in [2.75, 3.05) is 0 Å². The maximum atomic E-state index is 11.2. The minimum Gasteiger partial charge on any atom is -0.478 e. The molecule has 19 heavy (non-hydrogen) atoms. The van der Waals surface area contributed by atoms with Gasteiger partial charge in [0.15, 0.2) is 5.75 Å². The Bertz CT molecular complexity index is 602. The standard InChI is InChI=1S/C14H16N2O3/c1-9(2)16-8-11(7-15-16)19-13-10(3)5-4-6-12(13)14(17)18/h4-9H,1-3H3,(H,17,18). The highest BCUT2D eigenvalue weighted by atomic mass is 16.5. The van der Waals surface area contributed by atoms with E-state index in [9.17, 15) is 4.79 Å². The van der Waals surface area contributed by atoms with Crippen molar-refractivity contribution in [1.82, 2.24) is 9.78 Å². The second-order valence-corrected chi connectivity index (χ2v) is 4.61. The quantitative estimate of drug-likeness (QED) is 0.916. The first-order chi connectivity index (χ1) is 8.99. The van der Waals surface area contributed by atoms with Gasteiger partial charge in [0.1, 0.15) is 11.3 Å². The second-order valence-electron chi connectivity index (χ2n) is 4.61. The number of aryl methyl sites for hydroxylation is 1. The summed E-state index contributed by atoms with van der Waals surface area (Å²) in [5.74, 6) is -0.112. The molecular weight excluding hydrogens is 244 g/mol. The third kappa shape index (κ3) is 2.76. The van der Waals surface area contributed by atoms with Crippen LogP contribution in [0.2, 0.25) is 0 Å². The summed E-state index contributed by atoms with van der Waals surface area (Å²) in [6, 6.07) is 5.27. The molecule has 0 spiro atoms. The van der Waals surface area contributed by atoms with Gasteiger partial charge in [0.05, 0.1) is 12.4 Å². The average Bonchev–Trinajstić information content (AvgIpc) is 2.80. The van der Waals surface area contributed by atoms with E-state index in [1.807, 2.05) is 26.8 Å². The van der Waals surface area contributed by atoms with Gasteiger partial charge in [-0.1, -0.05) is 12.1 Å². The van der Waals surface area contributed by atoms with Gasteiger partial charge in [-0.05, 0) is 32.4 Å². The molecule has 100 valence electrons. The van der Waals surface area contributed by atoms with E-state index in [0.717, 1.165) is 5.56 Å². The molecular formula is C14H16N2O3. The highest BCUT2D eigenvalue weighted by Crippen LogP contribution is 2.29. The van der Waals surface area contributed by atoms with Crippen LogP contribution in [0.4, 0.5) is 0 Å². The Labute approximate surface area is 111 Å². The Morgan fingerprint density at radius 2 is 2.16 bits per heavy atom. The normalized spacial score (nSPS) is 10.7. The number of hydrogen-bond acceptors (Lipinski definition) is 3. The number of hydrogen-bond donors (Lipinski definition) is 1. The minimum atomic E-state index is -1.00. The topological polar surface area (TPSA) is 64.3 Å². The molecule has 0 saturated heterocycles. The zero-order chi connectivity index (χ0) is 14.0. The van der Waals surface area contributed by atoms with Crippen LogP contribution in [0.3, 0.4) is 0 Å². The molecule has 0 amide bonds. The van der Waals surface area contributed by atoms with E-state index in [1.54, 1.807) is 23.1 Å². The summed E-state index contributed by atoms with van der Waals surface area (Å²) >= 11 is 0. The van der Waals surface area contributed by atoms with E-state index in [2.05, 4.69) is 5.10 Å². The highest BCUT2D eigenvalue weighted by Gasteiger charge is 2.15. The van der Waals surface area contributed by atoms with Crippen LogP contribution in [0.5, 0.6) is 11.5 Å². The van der Waals surface area contributed by atoms with Crippen molar-refractivity contribution in [3.05, 3.63) is 41.7 Å². The number of carboxylic acids is 1. The predicted octanol–water partition coefficient (Wildman–Crippen LogP) is 3.26. The molecule has 0 aliphatic heterocycles. The van der Waals surface area contributed by atoms with Crippen LogP contribution in [0.15, 0.2) is 30.6 Å². The fraction of sp³-hybridized carbons (Fsp3) is 0.286. The molecule has 0 aliphatic carbocycles. The number of nitrogens with zero attached hydrogens (tertiary/aromatic N) is 2. The first-order valence-electron chi connectivity index (χ1n) is 6.04. The lowest BCUT2D eigenvalue weighted by Gasteiger charge is -2.09. The summed E-state index contributed by atoms with van der Waals surface area (Å²) in [6.45, 7) is 5.83. The van der Waals surface area contributed by atoms with Crippen molar-refractivity contribution in [2.24, 2.45) is 0 Å². The number of para-hydroxylation sites is 1. The molecule has 0 aliphatic rings. The van der Waals surface area contributed by atoms with Crippen molar-refractivity contribution in [2.45, 2.75) is 26.8 Å². The maximum Gasteiger partial charge on any atom is 0.339 e. The second kappa shape index (κ2) is 5.14. The highest BCUT2D eigenvalue weighted by molar-refractivity contribution is 5.91. The zero-order valence-corrected chi connectivity index (χ0v) is 11.1. The summed E-state index contributed by atoms with van der Waals surface area (Å²) in [5, 5.41) is 13.3. The number of rotatable bonds is 4. The number of aromatic nitrogens is 2. The third-order valence-electron chi connectivity index (χ3n) is 2.77. The Hall–Kier alpha value is -2.30. The predicted molar refractivity (Wildman–Crippen MR) is 70.8 cm³/mol. The Balaban J connectivity index is 2.34. The van der Waals surface area contributed by atoms with Gasteiger partial charge in [-0.2, -0.15) is 5.10 Å². The van der Waals surface area contributed by atoms with E-state index in [1.165, 1.54) is 6.07 Å². The molecule has 0 atom stereocenters. The van der Waals surface area contributed by atoms with Gasteiger partial charge < -0.3 is 9.84 Å². The van der Waals surface area contributed by atoms with Crippen LogP contribution in [-0.4, -0.2) is 20.9 Å². The summed E-state index contributed by atoms with van der Waals surface area (Å²) in [6.07, 6.45) is 3.33. The minimum absolute atomic E-state index is 0.150. The van der Waals surface area contributed by atoms with Crippen LogP contribution in [0.1, 0.15) is 35.8 Å². The Kier molecular flexibility index (Phi) is 3.55. The zero-order valence-electron chi connectivity index (χ0n) is 11.1. The summed E-state index contributed by atoms with van der Waals surface area (Å²) in [7, 11) is 0. The van der Waals surface area contributed by atoms with E-state index < -0.39 is 5.97 Å². The lowest BCUT2D eigenvalue weighted by Crippen LogP contribution is -2.01. The van der Waals surface area contributed by atoms with E-state index in [4.69, 9.17) is 9.84 Å². The molecule has 1 aromatic heterocycles. The molecule has 2 rings (SSSR count). The molecule has 0 saturated carbocycles. The van der Waals surface area contributed by atoms with Crippen molar-refractivity contribution in [3.63, 3.8) is 0 Å².